The Kier molecular flexibility index (Phi) is 1.59. The Hall–Kier alpha value is -0.895. The molecule has 0 atom stereocenters. The topological polar surface area (TPSA) is 0 Å². The van der Waals surface area contributed by atoms with Gasteiger partial charge in [0.1, 0.15) is 7.85 Å². The molecule has 1 heteroatoms. The molecular formula is C7H7B. The van der Waals surface area contributed by atoms with Crippen LogP contribution in [0.5, 0.6) is 0 Å². The van der Waals surface area contributed by atoms with Gasteiger partial charge in [-0.3, -0.25) is 0 Å². The normalized spacial score (nSPS) is 8.00. The van der Waals surface area contributed by atoms with E-state index in [2.05, 4.69) is 26.0 Å². The maximum Gasteiger partial charge on any atom is 0.107 e. The number of hydrogen-bond donors (Lipinski definition) is 0. The Morgan fingerprint density at radius 3 is 2.88 bits per heavy atom. The number of rotatable bonds is 1. The summed E-state index contributed by atoms with van der Waals surface area (Å²) >= 11 is 0. The van der Waals surface area contributed by atoms with E-state index in [-0.39, 0.29) is 0 Å². The van der Waals surface area contributed by atoms with Gasteiger partial charge in [0.2, 0.25) is 0 Å². The van der Waals surface area contributed by atoms with Crippen molar-refractivity contribution in [1.29, 1.82) is 0 Å². The maximum absolute atomic E-state index is 2.99. The summed E-state index contributed by atoms with van der Waals surface area (Å²) in [7, 11) is 2.11. The quantitative estimate of drug-likeness (QED) is 0.450. The second-order valence-electron chi connectivity index (χ2n) is 1.67. The van der Waals surface area contributed by atoms with E-state index in [1.807, 2.05) is 12.1 Å². The van der Waals surface area contributed by atoms with Crippen LogP contribution in [-0.4, -0.2) is 7.85 Å². The fourth-order valence-corrected chi connectivity index (χ4v) is 0.595. The average Bonchev–Trinajstić information content (AvgIpc) is 1.90. The largest absolute Gasteiger partial charge is 0.107 e. The summed E-state index contributed by atoms with van der Waals surface area (Å²) in [6.45, 7) is 0. The van der Waals surface area contributed by atoms with Gasteiger partial charge in [0.15, 0.2) is 0 Å². The summed E-state index contributed by atoms with van der Waals surface area (Å²) < 4.78 is 0. The van der Waals surface area contributed by atoms with Crippen molar-refractivity contribution in [2.24, 2.45) is 0 Å². The van der Waals surface area contributed by atoms with Gasteiger partial charge >= 0.3 is 0 Å². The van der Waals surface area contributed by atoms with Crippen LogP contribution in [0.25, 0.3) is 0 Å². The molecule has 0 saturated carbocycles. The maximum atomic E-state index is 2.99. The van der Waals surface area contributed by atoms with Crippen LogP contribution in [0.15, 0.2) is 18.2 Å². The molecule has 0 aliphatic heterocycles. The molecule has 1 aromatic rings. The Bertz CT molecular complexity index is 146. The minimum atomic E-state index is 1.05. The second-order valence-corrected chi connectivity index (χ2v) is 1.67. The Morgan fingerprint density at radius 2 is 2.50 bits per heavy atom. The summed E-state index contributed by atoms with van der Waals surface area (Å²) in [6, 6.07) is 11.8. The molecule has 1 aromatic carbocycles. The summed E-state index contributed by atoms with van der Waals surface area (Å²) in [6.07, 6.45) is 1.05. The van der Waals surface area contributed by atoms with Crippen molar-refractivity contribution in [1.82, 2.24) is 0 Å². The van der Waals surface area contributed by atoms with Crippen LogP contribution in [-0.2, 0) is 6.32 Å². The third-order valence-electron chi connectivity index (χ3n) is 1.09. The zero-order valence-corrected chi connectivity index (χ0v) is 4.94. The van der Waals surface area contributed by atoms with E-state index < -0.39 is 0 Å². The Balaban J connectivity index is 2.83. The first-order valence-electron chi connectivity index (χ1n) is 2.80. The van der Waals surface area contributed by atoms with Crippen LogP contribution in [0.2, 0.25) is 0 Å². The molecule has 0 nitrogen and oxygen atoms in total. The molecule has 38 valence electrons. The van der Waals surface area contributed by atoms with Crippen LogP contribution in [0, 0.1) is 12.1 Å². The predicted molar refractivity (Wildman–Crippen MR) is 36.4 cm³/mol. The van der Waals surface area contributed by atoms with Gasteiger partial charge in [-0.15, -0.1) is 0 Å². The van der Waals surface area contributed by atoms with Gasteiger partial charge in [-0.05, 0) is 17.9 Å². The van der Waals surface area contributed by atoms with Crippen LogP contribution < -0.4 is 0 Å². The third-order valence-corrected chi connectivity index (χ3v) is 1.09. The minimum Gasteiger partial charge on any atom is -0.0700 e. The van der Waals surface area contributed by atoms with Crippen molar-refractivity contribution in [3.05, 3.63) is 35.9 Å². The molecule has 0 N–H and O–H groups in total. The lowest BCUT2D eigenvalue weighted by Crippen LogP contribution is -1.77. The van der Waals surface area contributed by atoms with Crippen molar-refractivity contribution in [3.8, 4) is 0 Å². The molecule has 0 amide bonds. The monoisotopic (exact) mass is 102 g/mol. The van der Waals surface area contributed by atoms with E-state index in [1.165, 1.54) is 5.56 Å². The minimum absolute atomic E-state index is 1.05. The lowest BCUT2D eigenvalue weighted by atomic mass is 9.99. The van der Waals surface area contributed by atoms with Gasteiger partial charge < -0.3 is 0 Å². The predicted octanol–water partition coefficient (Wildman–Crippen LogP) is 0.420. The van der Waals surface area contributed by atoms with E-state index >= 15 is 0 Å². The van der Waals surface area contributed by atoms with Crippen LogP contribution in [0.3, 0.4) is 0 Å². The molecule has 0 aromatic heterocycles. The highest BCUT2D eigenvalue weighted by Crippen LogP contribution is 1.89. The van der Waals surface area contributed by atoms with E-state index in [4.69, 9.17) is 0 Å². The molecule has 0 spiro atoms. The molecule has 0 radical (unpaired) electrons. The van der Waals surface area contributed by atoms with Crippen molar-refractivity contribution in [2.45, 2.75) is 6.32 Å². The van der Waals surface area contributed by atoms with Crippen LogP contribution in [0.4, 0.5) is 0 Å². The lowest BCUT2D eigenvalue weighted by Gasteiger charge is -1.83. The van der Waals surface area contributed by atoms with Gasteiger partial charge in [0.25, 0.3) is 0 Å². The van der Waals surface area contributed by atoms with Crippen molar-refractivity contribution in [2.75, 3.05) is 0 Å². The van der Waals surface area contributed by atoms with Gasteiger partial charge in [-0.2, -0.15) is 0 Å². The first kappa shape index (κ1) is 5.25. The van der Waals surface area contributed by atoms with Crippen LogP contribution >= 0.6 is 0 Å². The van der Waals surface area contributed by atoms with E-state index in [9.17, 15) is 0 Å². The molecule has 0 aliphatic carbocycles. The second kappa shape index (κ2) is 2.42. The SMILES string of the molecule is BCc1c#cccc1. The summed E-state index contributed by atoms with van der Waals surface area (Å²) in [4.78, 5) is 0. The standard InChI is InChI=1S/C7H7B/c8-6-7-4-2-1-3-5-7/h1-2,4H,6,8H2. The molecule has 0 saturated heterocycles. The Morgan fingerprint density at radius 1 is 1.62 bits per heavy atom. The zero-order chi connectivity index (χ0) is 5.82. The molecule has 0 unspecified atom stereocenters. The van der Waals surface area contributed by atoms with Gasteiger partial charge in [0.05, 0.1) is 0 Å². The third kappa shape index (κ3) is 1.04. The van der Waals surface area contributed by atoms with E-state index in [0.717, 1.165) is 6.32 Å². The molecule has 0 bridgehead atoms. The van der Waals surface area contributed by atoms with E-state index in [1.54, 1.807) is 0 Å². The highest BCUT2D eigenvalue weighted by Gasteiger charge is 1.78. The van der Waals surface area contributed by atoms with Crippen molar-refractivity contribution < 1.29 is 0 Å². The highest BCUT2D eigenvalue weighted by atomic mass is 13.8. The zero-order valence-electron chi connectivity index (χ0n) is 4.94. The smallest absolute Gasteiger partial charge is 0.0700 e. The van der Waals surface area contributed by atoms with E-state index in [0.29, 0.717) is 0 Å². The first-order chi connectivity index (χ1) is 3.93. The van der Waals surface area contributed by atoms with Crippen LogP contribution in [0.1, 0.15) is 5.56 Å². The molecular weight excluding hydrogens is 94.9 g/mol. The fraction of sp³-hybridized carbons (Fsp3) is 0.143. The molecule has 8 heavy (non-hydrogen) atoms. The average molecular weight is 102 g/mol. The summed E-state index contributed by atoms with van der Waals surface area (Å²) in [5.41, 5.74) is 1.23. The number of hydrogen-bond acceptors (Lipinski definition) is 0. The molecule has 0 aliphatic rings. The van der Waals surface area contributed by atoms with Crippen molar-refractivity contribution in [3.63, 3.8) is 0 Å². The fourth-order valence-electron chi connectivity index (χ4n) is 0.595. The summed E-state index contributed by atoms with van der Waals surface area (Å²) in [5.74, 6) is 0. The Labute approximate surface area is 50.9 Å². The first-order valence-corrected chi connectivity index (χ1v) is 2.80. The highest BCUT2D eigenvalue weighted by molar-refractivity contribution is 6.08. The van der Waals surface area contributed by atoms with Gasteiger partial charge in [0, 0.05) is 0 Å². The van der Waals surface area contributed by atoms with Gasteiger partial charge in [-0.25, -0.2) is 0 Å². The summed E-state index contributed by atoms with van der Waals surface area (Å²) in [5, 5.41) is 0. The molecule has 1 rings (SSSR count). The van der Waals surface area contributed by atoms with Crippen molar-refractivity contribution >= 4 is 7.85 Å². The molecule has 0 heterocycles. The molecule has 0 fully saturated rings. The lowest BCUT2D eigenvalue weighted by molar-refractivity contribution is 1.42. The van der Waals surface area contributed by atoms with Gasteiger partial charge in [-0.1, -0.05) is 24.3 Å².